The van der Waals surface area contributed by atoms with Crippen LogP contribution in [0.3, 0.4) is 0 Å². The van der Waals surface area contributed by atoms with E-state index in [9.17, 15) is 4.79 Å². The minimum Gasteiger partial charge on any atom is -0.474 e. The van der Waals surface area contributed by atoms with Crippen molar-refractivity contribution in [3.05, 3.63) is 42.7 Å². The number of anilines is 1. The van der Waals surface area contributed by atoms with Gasteiger partial charge >= 0.3 is 0 Å². The van der Waals surface area contributed by atoms with E-state index in [4.69, 9.17) is 20.2 Å². The molecule has 0 atom stereocenters. The highest BCUT2D eigenvalue weighted by Crippen LogP contribution is 2.28. The number of amides is 1. The van der Waals surface area contributed by atoms with E-state index in [0.717, 1.165) is 40.3 Å². The summed E-state index contributed by atoms with van der Waals surface area (Å²) in [6.07, 6.45) is 4.99. The number of carbonyl (C=O) groups is 1. The molecule has 0 spiro atoms. The topological polar surface area (TPSA) is 108 Å². The molecule has 168 valence electrons. The van der Waals surface area contributed by atoms with Crippen LogP contribution < -0.4 is 15.9 Å². The van der Waals surface area contributed by atoms with Gasteiger partial charge in [0.05, 0.1) is 11.7 Å². The molecule has 1 saturated heterocycles. The predicted octanol–water partition coefficient (Wildman–Crippen LogP) is 0.801. The summed E-state index contributed by atoms with van der Waals surface area (Å²) in [5.74, 6) is 0.990. The Labute approximate surface area is 191 Å². The summed E-state index contributed by atoms with van der Waals surface area (Å²) in [7, 11) is 3.41. The van der Waals surface area contributed by atoms with Gasteiger partial charge in [0.1, 0.15) is 18.5 Å². The minimum atomic E-state index is -0.0432. The number of aromatic nitrogens is 4. The van der Waals surface area contributed by atoms with Crippen molar-refractivity contribution in [2.24, 2.45) is 0 Å². The fourth-order valence-corrected chi connectivity index (χ4v) is 4.21. The van der Waals surface area contributed by atoms with Crippen LogP contribution in [-0.4, -0.2) is 71.1 Å². The summed E-state index contributed by atoms with van der Waals surface area (Å²) in [5.41, 5.74) is 10.4. The average Bonchev–Trinajstić information content (AvgIpc) is 3.26. The summed E-state index contributed by atoms with van der Waals surface area (Å²) in [6.45, 7) is 1.36. The summed E-state index contributed by atoms with van der Waals surface area (Å²) in [5, 5.41) is 5.50. The normalized spacial score (nSPS) is 14.8. The van der Waals surface area contributed by atoms with E-state index in [-0.39, 0.29) is 18.6 Å². The highest BCUT2D eigenvalue weighted by molar-refractivity contribution is 6.37. The number of para-hydroxylation sites is 1. The van der Waals surface area contributed by atoms with E-state index in [2.05, 4.69) is 16.1 Å². The molecule has 5 rings (SSSR count). The Bertz CT molecular complexity index is 1330. The van der Waals surface area contributed by atoms with Gasteiger partial charge in [-0.2, -0.15) is 14.6 Å². The van der Waals surface area contributed by atoms with Crippen LogP contribution in [0.25, 0.3) is 27.7 Å². The molecule has 0 bridgehead atoms. The zero-order chi connectivity index (χ0) is 22.9. The lowest BCUT2D eigenvalue weighted by molar-refractivity contribution is -0.136. The standard InChI is InChI=1S/C23H25BN6O3/c1-32-13-19(31)29-8-6-16(7-9-29)33-23-20(24)21(25)30-22(28-23)17(12-27-30)15-10-14-4-2-3-5-18(14)26-11-15/h2-5,10-12,16H,6-9,13,24-25H2,1H3. The molecule has 1 aliphatic heterocycles. The lowest BCUT2D eigenvalue weighted by Gasteiger charge is -2.32. The monoisotopic (exact) mass is 444 g/mol. The van der Waals surface area contributed by atoms with Gasteiger partial charge in [0.2, 0.25) is 11.8 Å². The van der Waals surface area contributed by atoms with E-state index in [1.165, 1.54) is 7.11 Å². The van der Waals surface area contributed by atoms with Crippen LogP contribution in [0.4, 0.5) is 5.82 Å². The van der Waals surface area contributed by atoms with E-state index >= 15 is 0 Å². The molecule has 0 saturated carbocycles. The Balaban J connectivity index is 1.43. The van der Waals surface area contributed by atoms with E-state index in [1.807, 2.05) is 43.2 Å². The Hall–Kier alpha value is -3.66. The number of pyridine rings is 1. The molecule has 33 heavy (non-hydrogen) atoms. The molecule has 1 amide bonds. The van der Waals surface area contributed by atoms with E-state index in [1.54, 1.807) is 10.7 Å². The van der Waals surface area contributed by atoms with Crippen molar-refractivity contribution in [3.8, 4) is 17.0 Å². The zero-order valence-electron chi connectivity index (χ0n) is 18.7. The molecule has 1 aromatic carbocycles. The minimum absolute atomic E-state index is 0.00353. The third-order valence-electron chi connectivity index (χ3n) is 6.13. The number of nitrogens with zero attached hydrogens (tertiary/aromatic N) is 5. The fraction of sp³-hybridized carbons (Fsp3) is 0.304. The van der Waals surface area contributed by atoms with Crippen LogP contribution in [0.5, 0.6) is 5.88 Å². The van der Waals surface area contributed by atoms with Crippen LogP contribution in [0.2, 0.25) is 0 Å². The molecule has 10 heteroatoms. The largest absolute Gasteiger partial charge is 0.474 e. The average molecular weight is 444 g/mol. The number of hydrogen-bond acceptors (Lipinski definition) is 7. The van der Waals surface area contributed by atoms with Gasteiger partial charge in [0.15, 0.2) is 13.5 Å². The van der Waals surface area contributed by atoms with Crippen molar-refractivity contribution >= 4 is 41.6 Å². The molecular weight excluding hydrogens is 419 g/mol. The van der Waals surface area contributed by atoms with Crippen molar-refractivity contribution in [1.29, 1.82) is 0 Å². The van der Waals surface area contributed by atoms with Crippen molar-refractivity contribution < 1.29 is 14.3 Å². The number of nitrogen functional groups attached to an aromatic ring is 1. The number of rotatable bonds is 5. The van der Waals surface area contributed by atoms with Crippen LogP contribution in [-0.2, 0) is 9.53 Å². The number of ether oxygens (including phenoxy) is 2. The highest BCUT2D eigenvalue weighted by atomic mass is 16.5. The Kier molecular flexibility index (Phi) is 5.59. The van der Waals surface area contributed by atoms with Crippen molar-refractivity contribution in [2.45, 2.75) is 18.9 Å². The van der Waals surface area contributed by atoms with Gasteiger partial charge in [0.25, 0.3) is 0 Å². The molecule has 3 aromatic heterocycles. The third kappa shape index (κ3) is 3.98. The molecule has 0 aliphatic carbocycles. The number of methoxy groups -OCH3 is 1. The van der Waals surface area contributed by atoms with Gasteiger partial charge in [0, 0.05) is 61.2 Å². The maximum absolute atomic E-state index is 12.0. The molecular formula is C23H25BN6O3. The number of fused-ring (bicyclic) bond motifs is 2. The molecule has 2 N–H and O–H groups in total. The Morgan fingerprint density at radius 3 is 2.82 bits per heavy atom. The first-order valence-corrected chi connectivity index (χ1v) is 11.0. The third-order valence-corrected chi connectivity index (χ3v) is 6.13. The number of hydrogen-bond donors (Lipinski definition) is 1. The van der Waals surface area contributed by atoms with Crippen molar-refractivity contribution in [2.75, 3.05) is 32.5 Å². The predicted molar refractivity (Wildman–Crippen MR) is 128 cm³/mol. The number of piperidine rings is 1. The molecule has 0 radical (unpaired) electrons. The second-order valence-electron chi connectivity index (χ2n) is 8.27. The number of carbonyl (C=O) groups excluding carboxylic acids is 1. The molecule has 9 nitrogen and oxygen atoms in total. The van der Waals surface area contributed by atoms with Gasteiger partial charge in [-0.05, 0) is 12.1 Å². The lowest BCUT2D eigenvalue weighted by Crippen LogP contribution is -2.43. The van der Waals surface area contributed by atoms with Gasteiger partial charge in [-0.3, -0.25) is 9.78 Å². The summed E-state index contributed by atoms with van der Waals surface area (Å²) < 4.78 is 12.9. The van der Waals surface area contributed by atoms with Gasteiger partial charge in [-0.15, -0.1) is 0 Å². The number of benzene rings is 1. The zero-order valence-corrected chi connectivity index (χ0v) is 18.7. The molecule has 4 heterocycles. The van der Waals surface area contributed by atoms with Gasteiger partial charge < -0.3 is 20.1 Å². The highest BCUT2D eigenvalue weighted by Gasteiger charge is 2.25. The first-order valence-electron chi connectivity index (χ1n) is 11.0. The number of nitrogens with two attached hydrogens (primary N) is 1. The van der Waals surface area contributed by atoms with Crippen LogP contribution in [0.1, 0.15) is 12.8 Å². The summed E-state index contributed by atoms with van der Waals surface area (Å²) >= 11 is 0. The van der Waals surface area contributed by atoms with E-state index in [0.29, 0.717) is 30.4 Å². The maximum Gasteiger partial charge on any atom is 0.248 e. The van der Waals surface area contributed by atoms with Gasteiger partial charge in [-0.25, -0.2) is 0 Å². The van der Waals surface area contributed by atoms with Crippen LogP contribution in [0.15, 0.2) is 42.7 Å². The van der Waals surface area contributed by atoms with Crippen molar-refractivity contribution in [3.63, 3.8) is 0 Å². The molecule has 1 fully saturated rings. The van der Waals surface area contributed by atoms with Crippen LogP contribution in [0, 0.1) is 0 Å². The lowest BCUT2D eigenvalue weighted by atomic mass is 9.97. The fourth-order valence-electron chi connectivity index (χ4n) is 4.21. The summed E-state index contributed by atoms with van der Waals surface area (Å²) in [4.78, 5) is 23.2. The summed E-state index contributed by atoms with van der Waals surface area (Å²) in [6, 6.07) is 10.0. The molecule has 0 unspecified atom stereocenters. The van der Waals surface area contributed by atoms with Crippen LogP contribution >= 0.6 is 0 Å². The Morgan fingerprint density at radius 1 is 1.24 bits per heavy atom. The smallest absolute Gasteiger partial charge is 0.248 e. The Morgan fingerprint density at radius 2 is 2.03 bits per heavy atom. The molecule has 1 aliphatic rings. The van der Waals surface area contributed by atoms with Gasteiger partial charge in [-0.1, -0.05) is 18.2 Å². The number of likely N-dealkylation sites (tertiary alicyclic amines) is 1. The first-order chi connectivity index (χ1) is 16.0. The quantitative estimate of drug-likeness (QED) is 0.454. The second kappa shape index (κ2) is 8.70. The molecule has 4 aromatic rings. The first kappa shape index (κ1) is 21.2. The van der Waals surface area contributed by atoms with E-state index < -0.39 is 0 Å². The second-order valence-corrected chi connectivity index (χ2v) is 8.27. The SMILES string of the molecule is Bc1c(OC2CCN(C(=O)COC)CC2)nc2c(-c3cnc4ccccc4c3)cnn2c1N. The maximum atomic E-state index is 12.0. The van der Waals surface area contributed by atoms with Crippen molar-refractivity contribution in [1.82, 2.24) is 24.5 Å².